The third-order valence-corrected chi connectivity index (χ3v) is 5.59. The quantitative estimate of drug-likeness (QED) is 0.592. The molecule has 3 rings (SSSR count). The van der Waals surface area contributed by atoms with Crippen LogP contribution in [-0.4, -0.2) is 54.5 Å². The summed E-state index contributed by atoms with van der Waals surface area (Å²) in [5, 5.41) is 9.94. The average molecular weight is 386 g/mol. The highest BCUT2D eigenvalue weighted by atomic mass is 32.1. The number of benzene rings is 1. The number of carbonyl (C=O) groups excluding carboxylic acids is 1. The number of carbonyl (C=O) groups is 1. The summed E-state index contributed by atoms with van der Waals surface area (Å²) in [5.74, 6) is 1.00. The van der Waals surface area contributed by atoms with E-state index in [0.717, 1.165) is 54.7 Å². The molecule has 1 aliphatic heterocycles. The van der Waals surface area contributed by atoms with E-state index in [2.05, 4.69) is 33.1 Å². The van der Waals surface area contributed by atoms with E-state index in [4.69, 9.17) is 4.98 Å². The maximum absolute atomic E-state index is 11.8. The van der Waals surface area contributed by atoms with Crippen molar-refractivity contribution < 1.29 is 4.79 Å². The van der Waals surface area contributed by atoms with Crippen LogP contribution in [0, 0.1) is 0 Å². The van der Waals surface area contributed by atoms with Crippen LogP contribution < -0.4 is 10.6 Å². The minimum absolute atomic E-state index is 0.222. The highest BCUT2D eigenvalue weighted by Crippen LogP contribution is 2.23. The van der Waals surface area contributed by atoms with E-state index in [1.807, 2.05) is 30.0 Å². The summed E-state index contributed by atoms with van der Waals surface area (Å²) in [7, 11) is 1.77. The summed E-state index contributed by atoms with van der Waals surface area (Å²) in [6, 6.07) is 10.5. The third-order valence-electron chi connectivity index (χ3n) is 4.65. The number of nitrogens with one attached hydrogen (secondary N) is 2. The molecule has 27 heavy (non-hydrogen) atoms. The Kier molecular flexibility index (Phi) is 6.81. The molecule has 0 aliphatic carbocycles. The fraction of sp³-hybridized carbons (Fsp3) is 0.450. The fourth-order valence-electron chi connectivity index (χ4n) is 3.16. The maximum Gasteiger partial charge on any atom is 0.222 e. The van der Waals surface area contributed by atoms with Gasteiger partial charge in [0.25, 0.3) is 0 Å². The highest BCUT2D eigenvalue weighted by Gasteiger charge is 2.25. The topological polar surface area (TPSA) is 69.6 Å². The van der Waals surface area contributed by atoms with Crippen molar-refractivity contribution in [2.45, 2.75) is 32.2 Å². The number of guanidine groups is 1. The number of aliphatic imine (C=N–C) groups is 1. The average Bonchev–Trinajstić information content (AvgIpc) is 3.37. The molecule has 1 amide bonds. The summed E-state index contributed by atoms with van der Waals surface area (Å²) in [6.45, 7) is 4.25. The summed E-state index contributed by atoms with van der Waals surface area (Å²) >= 11 is 1.68. The van der Waals surface area contributed by atoms with Crippen LogP contribution in [0.2, 0.25) is 0 Å². The van der Waals surface area contributed by atoms with Crippen LogP contribution in [-0.2, 0) is 11.2 Å². The van der Waals surface area contributed by atoms with Crippen molar-refractivity contribution in [3.63, 3.8) is 0 Å². The lowest BCUT2D eigenvalue weighted by Gasteiger charge is -2.18. The van der Waals surface area contributed by atoms with E-state index in [-0.39, 0.29) is 11.9 Å². The van der Waals surface area contributed by atoms with Gasteiger partial charge in [-0.05, 0) is 6.42 Å². The molecule has 0 bridgehead atoms. The van der Waals surface area contributed by atoms with E-state index >= 15 is 0 Å². The van der Waals surface area contributed by atoms with Gasteiger partial charge in [-0.15, -0.1) is 11.3 Å². The second-order valence-electron chi connectivity index (χ2n) is 6.58. The molecule has 0 saturated carbocycles. The van der Waals surface area contributed by atoms with E-state index < -0.39 is 0 Å². The maximum atomic E-state index is 11.8. The Morgan fingerprint density at radius 3 is 2.93 bits per heavy atom. The van der Waals surface area contributed by atoms with Gasteiger partial charge in [-0.1, -0.05) is 37.3 Å². The van der Waals surface area contributed by atoms with Crippen molar-refractivity contribution in [3.8, 4) is 10.6 Å². The number of thiazole rings is 1. The second kappa shape index (κ2) is 9.50. The SMILES string of the molecule is CCC(=O)N1CCC(NC(=NC)NCCc2csc(-c3ccccc3)n2)C1. The van der Waals surface area contributed by atoms with Crippen molar-refractivity contribution in [1.82, 2.24) is 20.5 Å². The van der Waals surface area contributed by atoms with Crippen LogP contribution in [0.4, 0.5) is 0 Å². The van der Waals surface area contributed by atoms with Gasteiger partial charge in [-0.3, -0.25) is 9.79 Å². The van der Waals surface area contributed by atoms with Gasteiger partial charge in [0.15, 0.2) is 5.96 Å². The molecule has 0 radical (unpaired) electrons. The molecule has 1 aromatic heterocycles. The fourth-order valence-corrected chi connectivity index (χ4v) is 4.02. The van der Waals surface area contributed by atoms with Crippen LogP contribution in [0.3, 0.4) is 0 Å². The monoisotopic (exact) mass is 385 g/mol. The Morgan fingerprint density at radius 2 is 2.19 bits per heavy atom. The third kappa shape index (κ3) is 5.29. The lowest BCUT2D eigenvalue weighted by atomic mass is 10.2. The van der Waals surface area contributed by atoms with Crippen molar-refractivity contribution in [2.24, 2.45) is 4.99 Å². The Morgan fingerprint density at radius 1 is 1.37 bits per heavy atom. The van der Waals surface area contributed by atoms with E-state index in [0.29, 0.717) is 6.42 Å². The molecule has 144 valence electrons. The van der Waals surface area contributed by atoms with E-state index in [1.165, 1.54) is 0 Å². The second-order valence-corrected chi connectivity index (χ2v) is 7.44. The zero-order valence-electron chi connectivity index (χ0n) is 15.9. The molecular weight excluding hydrogens is 358 g/mol. The first-order valence-electron chi connectivity index (χ1n) is 9.44. The molecule has 2 aromatic rings. The predicted molar refractivity (Wildman–Crippen MR) is 111 cm³/mol. The number of hydrogen-bond acceptors (Lipinski definition) is 4. The Hall–Kier alpha value is -2.41. The van der Waals surface area contributed by atoms with Crippen LogP contribution in [0.25, 0.3) is 10.6 Å². The number of amides is 1. The van der Waals surface area contributed by atoms with Crippen LogP contribution >= 0.6 is 11.3 Å². The van der Waals surface area contributed by atoms with Gasteiger partial charge < -0.3 is 15.5 Å². The summed E-state index contributed by atoms with van der Waals surface area (Å²) < 4.78 is 0. The van der Waals surface area contributed by atoms with Gasteiger partial charge in [0.05, 0.1) is 5.69 Å². The van der Waals surface area contributed by atoms with E-state index in [9.17, 15) is 4.79 Å². The van der Waals surface area contributed by atoms with Crippen molar-refractivity contribution >= 4 is 23.2 Å². The number of likely N-dealkylation sites (tertiary alicyclic amines) is 1. The predicted octanol–water partition coefficient (Wildman–Crippen LogP) is 2.53. The van der Waals surface area contributed by atoms with Crippen LogP contribution in [0.1, 0.15) is 25.5 Å². The van der Waals surface area contributed by atoms with Gasteiger partial charge in [0, 0.05) is 56.5 Å². The van der Waals surface area contributed by atoms with Gasteiger partial charge in [-0.2, -0.15) is 0 Å². The van der Waals surface area contributed by atoms with Crippen molar-refractivity contribution in [1.29, 1.82) is 0 Å². The van der Waals surface area contributed by atoms with Gasteiger partial charge in [-0.25, -0.2) is 4.98 Å². The molecule has 2 heterocycles. The zero-order chi connectivity index (χ0) is 19.1. The summed E-state index contributed by atoms with van der Waals surface area (Å²) in [5.41, 5.74) is 2.24. The minimum atomic E-state index is 0.222. The zero-order valence-corrected chi connectivity index (χ0v) is 16.8. The molecule has 1 unspecified atom stereocenters. The smallest absolute Gasteiger partial charge is 0.222 e. The molecule has 1 aromatic carbocycles. The van der Waals surface area contributed by atoms with Crippen LogP contribution in [0.5, 0.6) is 0 Å². The Labute approximate surface area is 164 Å². The molecule has 2 N–H and O–H groups in total. The number of nitrogens with zero attached hydrogens (tertiary/aromatic N) is 3. The standard InChI is InChI=1S/C20H27N5OS/c1-3-18(26)25-12-10-16(13-25)24-20(21-2)22-11-9-17-14-27-19(23-17)15-7-5-4-6-8-15/h4-8,14,16H,3,9-13H2,1-2H3,(H2,21,22,24). The number of rotatable bonds is 6. The Bertz CT molecular complexity index is 774. The van der Waals surface area contributed by atoms with E-state index in [1.54, 1.807) is 18.4 Å². The van der Waals surface area contributed by atoms with Crippen molar-refractivity contribution in [2.75, 3.05) is 26.7 Å². The molecule has 0 spiro atoms. The first-order chi connectivity index (χ1) is 13.2. The minimum Gasteiger partial charge on any atom is -0.356 e. The molecule has 1 aliphatic rings. The number of aromatic nitrogens is 1. The van der Waals surface area contributed by atoms with Crippen LogP contribution in [0.15, 0.2) is 40.7 Å². The first kappa shape index (κ1) is 19.4. The Balaban J connectivity index is 1.44. The summed E-state index contributed by atoms with van der Waals surface area (Å²) in [6.07, 6.45) is 2.37. The van der Waals surface area contributed by atoms with Gasteiger partial charge in [0.1, 0.15) is 5.01 Å². The molecule has 1 atom stereocenters. The normalized spacial score (nSPS) is 17.2. The van der Waals surface area contributed by atoms with Crippen molar-refractivity contribution in [3.05, 3.63) is 41.4 Å². The lowest BCUT2D eigenvalue weighted by molar-refractivity contribution is -0.129. The number of hydrogen-bond donors (Lipinski definition) is 2. The molecule has 1 saturated heterocycles. The molecular formula is C20H27N5OS. The highest BCUT2D eigenvalue weighted by molar-refractivity contribution is 7.13. The molecule has 6 nitrogen and oxygen atoms in total. The van der Waals surface area contributed by atoms with Gasteiger partial charge >= 0.3 is 0 Å². The molecule has 1 fully saturated rings. The first-order valence-corrected chi connectivity index (χ1v) is 10.3. The molecule has 7 heteroatoms. The van der Waals surface area contributed by atoms with Gasteiger partial charge in [0.2, 0.25) is 5.91 Å². The largest absolute Gasteiger partial charge is 0.356 e. The lowest BCUT2D eigenvalue weighted by Crippen LogP contribution is -2.45. The summed E-state index contributed by atoms with van der Waals surface area (Å²) in [4.78, 5) is 22.7.